The Balaban J connectivity index is 2.65. The first-order valence-corrected chi connectivity index (χ1v) is 5.31. The Bertz CT molecular complexity index is 372. The first-order chi connectivity index (χ1) is 7.13. The molecule has 80 valence electrons. The zero-order valence-electron chi connectivity index (χ0n) is 8.63. The molecule has 0 aliphatic heterocycles. The van der Waals surface area contributed by atoms with Gasteiger partial charge in [-0.25, -0.2) is 0 Å². The lowest BCUT2D eigenvalue weighted by molar-refractivity contribution is -0.118. The zero-order chi connectivity index (χ0) is 11.3. The summed E-state index contributed by atoms with van der Waals surface area (Å²) in [5, 5.41) is 0.517. The Morgan fingerprint density at radius 3 is 2.67 bits per heavy atom. The minimum absolute atomic E-state index is 0.0116. The molecule has 1 aromatic rings. The van der Waals surface area contributed by atoms with Gasteiger partial charge in [0.05, 0.1) is 6.42 Å². The predicted molar refractivity (Wildman–Crippen MR) is 60.3 cm³/mol. The lowest BCUT2D eigenvalue weighted by atomic mass is 10.0. The largest absolute Gasteiger partial charge is 0.299 e. The Labute approximate surface area is 94.2 Å². The third-order valence-corrected chi connectivity index (χ3v) is 2.27. The van der Waals surface area contributed by atoms with Gasteiger partial charge in [0, 0.05) is 17.0 Å². The Morgan fingerprint density at radius 2 is 2.07 bits per heavy atom. The molecule has 15 heavy (non-hydrogen) atoms. The van der Waals surface area contributed by atoms with E-state index < -0.39 is 0 Å². The average Bonchev–Trinajstić information content (AvgIpc) is 2.18. The third-order valence-electron chi connectivity index (χ3n) is 2.03. The molecule has 3 heteroatoms. The molecular formula is C12H13ClO2. The van der Waals surface area contributed by atoms with Crippen molar-refractivity contribution in [2.75, 3.05) is 0 Å². The van der Waals surface area contributed by atoms with E-state index in [1.807, 2.05) is 6.92 Å². The first-order valence-electron chi connectivity index (χ1n) is 4.94. The van der Waals surface area contributed by atoms with Crippen LogP contribution in [-0.2, 0) is 4.79 Å². The molecule has 0 aromatic heterocycles. The van der Waals surface area contributed by atoms with Crippen molar-refractivity contribution in [2.45, 2.75) is 26.2 Å². The van der Waals surface area contributed by atoms with E-state index in [-0.39, 0.29) is 18.0 Å². The van der Waals surface area contributed by atoms with Gasteiger partial charge in [-0.05, 0) is 18.6 Å². The number of rotatable bonds is 5. The molecule has 0 spiro atoms. The maximum Gasteiger partial charge on any atom is 0.170 e. The molecule has 0 fully saturated rings. The molecule has 0 aliphatic rings. The summed E-state index contributed by atoms with van der Waals surface area (Å²) in [7, 11) is 0. The van der Waals surface area contributed by atoms with Crippen LogP contribution in [0.1, 0.15) is 36.5 Å². The van der Waals surface area contributed by atoms with Crippen molar-refractivity contribution in [3.63, 3.8) is 0 Å². The fourth-order valence-corrected chi connectivity index (χ4v) is 1.50. The maximum atomic E-state index is 11.6. The molecule has 0 atom stereocenters. The van der Waals surface area contributed by atoms with Crippen molar-refractivity contribution < 1.29 is 9.59 Å². The molecule has 0 heterocycles. The van der Waals surface area contributed by atoms with Crippen LogP contribution in [0.4, 0.5) is 0 Å². The quantitative estimate of drug-likeness (QED) is 0.568. The van der Waals surface area contributed by atoms with Crippen LogP contribution >= 0.6 is 11.6 Å². The van der Waals surface area contributed by atoms with E-state index in [1.54, 1.807) is 24.3 Å². The number of benzene rings is 1. The summed E-state index contributed by atoms with van der Waals surface area (Å²) < 4.78 is 0. The summed E-state index contributed by atoms with van der Waals surface area (Å²) in [5.74, 6) is -0.168. The minimum Gasteiger partial charge on any atom is -0.299 e. The van der Waals surface area contributed by atoms with Gasteiger partial charge < -0.3 is 0 Å². The molecule has 0 unspecified atom stereocenters. The summed E-state index contributed by atoms with van der Waals surface area (Å²) in [6, 6.07) is 6.67. The van der Waals surface area contributed by atoms with Gasteiger partial charge in [-0.1, -0.05) is 30.7 Å². The molecule has 0 amide bonds. The highest BCUT2D eigenvalue weighted by Gasteiger charge is 2.10. The molecule has 0 saturated heterocycles. The van der Waals surface area contributed by atoms with Gasteiger partial charge in [0.1, 0.15) is 5.78 Å². The summed E-state index contributed by atoms with van der Waals surface area (Å²) in [6.07, 6.45) is 1.22. The highest BCUT2D eigenvalue weighted by molar-refractivity contribution is 6.31. The molecule has 0 aliphatic carbocycles. The second kappa shape index (κ2) is 5.66. The standard InChI is InChI=1S/C12H13ClO2/c1-2-4-11(14)8-12(15)9-5-3-6-10(13)7-9/h3,5-7H,2,4,8H2,1H3. The average molecular weight is 225 g/mol. The van der Waals surface area contributed by atoms with Crippen LogP contribution in [0.25, 0.3) is 0 Å². The van der Waals surface area contributed by atoms with Gasteiger partial charge in [-0.3, -0.25) is 9.59 Å². The Hall–Kier alpha value is -1.15. The fraction of sp³-hybridized carbons (Fsp3) is 0.333. The molecule has 0 bridgehead atoms. The summed E-state index contributed by atoms with van der Waals surface area (Å²) in [6.45, 7) is 1.92. The van der Waals surface area contributed by atoms with Crippen molar-refractivity contribution in [3.05, 3.63) is 34.9 Å². The number of Topliss-reactive ketones (excluding diaryl/α,β-unsaturated/α-hetero) is 2. The summed E-state index contributed by atoms with van der Waals surface area (Å²) in [4.78, 5) is 22.9. The van der Waals surface area contributed by atoms with Crippen LogP contribution < -0.4 is 0 Å². The van der Waals surface area contributed by atoms with Gasteiger partial charge >= 0.3 is 0 Å². The third kappa shape index (κ3) is 3.84. The molecule has 0 N–H and O–H groups in total. The number of hydrogen-bond donors (Lipinski definition) is 0. The first kappa shape index (κ1) is 11.9. The van der Waals surface area contributed by atoms with Crippen LogP contribution in [0, 0.1) is 0 Å². The van der Waals surface area contributed by atoms with Gasteiger partial charge in [0.2, 0.25) is 0 Å². The predicted octanol–water partition coefficient (Wildman–Crippen LogP) is 3.28. The summed E-state index contributed by atoms with van der Waals surface area (Å²) in [5.41, 5.74) is 0.506. The van der Waals surface area contributed by atoms with E-state index in [9.17, 15) is 9.59 Å². The van der Waals surface area contributed by atoms with Crippen LogP contribution in [-0.4, -0.2) is 11.6 Å². The van der Waals surface area contributed by atoms with Crippen molar-refractivity contribution in [1.82, 2.24) is 0 Å². The summed E-state index contributed by atoms with van der Waals surface area (Å²) >= 11 is 5.75. The molecule has 1 rings (SSSR count). The highest BCUT2D eigenvalue weighted by atomic mass is 35.5. The van der Waals surface area contributed by atoms with E-state index in [0.717, 1.165) is 6.42 Å². The molecular weight excluding hydrogens is 212 g/mol. The lowest BCUT2D eigenvalue weighted by Crippen LogP contribution is -2.07. The van der Waals surface area contributed by atoms with Gasteiger partial charge in [0.15, 0.2) is 5.78 Å². The van der Waals surface area contributed by atoms with Crippen LogP contribution in [0.15, 0.2) is 24.3 Å². The topological polar surface area (TPSA) is 34.1 Å². The van der Waals surface area contributed by atoms with E-state index in [2.05, 4.69) is 0 Å². The van der Waals surface area contributed by atoms with Gasteiger partial charge in [0.25, 0.3) is 0 Å². The monoisotopic (exact) mass is 224 g/mol. The van der Waals surface area contributed by atoms with E-state index in [1.165, 1.54) is 0 Å². The number of ketones is 2. The molecule has 1 aromatic carbocycles. The smallest absolute Gasteiger partial charge is 0.170 e. The molecule has 0 radical (unpaired) electrons. The van der Waals surface area contributed by atoms with Crippen molar-refractivity contribution in [1.29, 1.82) is 0 Å². The second-order valence-corrected chi connectivity index (χ2v) is 3.84. The van der Waals surface area contributed by atoms with Gasteiger partial charge in [-0.2, -0.15) is 0 Å². The zero-order valence-corrected chi connectivity index (χ0v) is 9.38. The van der Waals surface area contributed by atoms with Crippen LogP contribution in [0.5, 0.6) is 0 Å². The SMILES string of the molecule is CCCC(=O)CC(=O)c1cccc(Cl)c1. The van der Waals surface area contributed by atoms with Crippen molar-refractivity contribution >= 4 is 23.2 Å². The molecule has 0 saturated carbocycles. The lowest BCUT2D eigenvalue weighted by Gasteiger charge is -2.00. The second-order valence-electron chi connectivity index (χ2n) is 3.40. The maximum absolute atomic E-state index is 11.6. The van der Waals surface area contributed by atoms with Crippen molar-refractivity contribution in [3.8, 4) is 0 Å². The molecule has 2 nitrogen and oxygen atoms in total. The Kier molecular flexibility index (Phi) is 4.50. The number of carbonyl (C=O) groups excluding carboxylic acids is 2. The number of halogens is 1. The normalized spacial score (nSPS) is 10.0. The minimum atomic E-state index is -0.157. The number of carbonyl (C=O) groups is 2. The fourth-order valence-electron chi connectivity index (χ4n) is 1.31. The van der Waals surface area contributed by atoms with Crippen molar-refractivity contribution in [2.24, 2.45) is 0 Å². The Morgan fingerprint density at radius 1 is 1.33 bits per heavy atom. The van der Waals surface area contributed by atoms with Gasteiger partial charge in [-0.15, -0.1) is 0 Å². The number of hydrogen-bond acceptors (Lipinski definition) is 2. The van der Waals surface area contributed by atoms with Crippen LogP contribution in [0.2, 0.25) is 5.02 Å². The van der Waals surface area contributed by atoms with E-state index in [4.69, 9.17) is 11.6 Å². The van der Waals surface area contributed by atoms with E-state index >= 15 is 0 Å². The van der Waals surface area contributed by atoms with Crippen LogP contribution in [0.3, 0.4) is 0 Å². The highest BCUT2D eigenvalue weighted by Crippen LogP contribution is 2.12. The van der Waals surface area contributed by atoms with E-state index in [0.29, 0.717) is 17.0 Å².